The second-order valence-corrected chi connectivity index (χ2v) is 5.62. The van der Waals surface area contributed by atoms with Gasteiger partial charge in [0.05, 0.1) is 25.8 Å². The second-order valence-electron chi connectivity index (χ2n) is 5.62. The van der Waals surface area contributed by atoms with Crippen molar-refractivity contribution in [2.45, 2.75) is 13.3 Å². The van der Waals surface area contributed by atoms with Gasteiger partial charge in [-0.25, -0.2) is 0 Å². The van der Waals surface area contributed by atoms with Crippen LogP contribution in [0.15, 0.2) is 18.2 Å². The Kier molecular flexibility index (Phi) is 6.43. The summed E-state index contributed by atoms with van der Waals surface area (Å²) in [4.78, 5) is 26.1. The molecule has 1 saturated heterocycles. The van der Waals surface area contributed by atoms with Crippen molar-refractivity contribution in [1.82, 2.24) is 10.6 Å². The lowest BCUT2D eigenvalue weighted by Gasteiger charge is -2.18. The van der Waals surface area contributed by atoms with E-state index >= 15 is 0 Å². The number of amides is 2. The molecule has 0 saturated carbocycles. The van der Waals surface area contributed by atoms with Gasteiger partial charge in [-0.2, -0.15) is 0 Å². The normalized spacial score (nSPS) is 17.0. The van der Waals surface area contributed by atoms with Crippen molar-refractivity contribution in [3.8, 4) is 11.5 Å². The first-order valence-corrected chi connectivity index (χ1v) is 8.10. The third-order valence-electron chi connectivity index (χ3n) is 3.99. The molecule has 7 heteroatoms. The Hall–Kier alpha value is -2.28. The summed E-state index contributed by atoms with van der Waals surface area (Å²) in [7, 11) is 3.12. The van der Waals surface area contributed by atoms with Crippen LogP contribution in [0.2, 0.25) is 0 Å². The zero-order valence-electron chi connectivity index (χ0n) is 14.4. The van der Waals surface area contributed by atoms with Crippen LogP contribution < -0.4 is 25.0 Å². The molecule has 1 fully saturated rings. The van der Waals surface area contributed by atoms with Crippen molar-refractivity contribution < 1.29 is 19.1 Å². The molecule has 2 N–H and O–H groups in total. The number of anilines is 1. The van der Waals surface area contributed by atoms with Crippen molar-refractivity contribution in [1.29, 1.82) is 0 Å². The minimum absolute atomic E-state index is 0.0721. The van der Waals surface area contributed by atoms with Crippen LogP contribution in [-0.2, 0) is 9.59 Å². The number of methoxy groups -OCH3 is 2. The summed E-state index contributed by atoms with van der Waals surface area (Å²) < 4.78 is 10.5. The summed E-state index contributed by atoms with van der Waals surface area (Å²) in [6.45, 7) is 4.52. The van der Waals surface area contributed by atoms with E-state index in [1.807, 2.05) is 6.92 Å². The van der Waals surface area contributed by atoms with Crippen LogP contribution in [0.3, 0.4) is 0 Å². The number of benzene rings is 1. The SMILES string of the molecule is CCNCCNC(=O)C1CC(=O)N(c2cc(OC)cc(OC)c2)C1. The number of hydrogen-bond donors (Lipinski definition) is 2. The van der Waals surface area contributed by atoms with Crippen molar-refractivity contribution >= 4 is 17.5 Å². The van der Waals surface area contributed by atoms with Gasteiger partial charge in [0.2, 0.25) is 11.8 Å². The van der Waals surface area contributed by atoms with Crippen molar-refractivity contribution in [3.05, 3.63) is 18.2 Å². The molecule has 1 atom stereocenters. The minimum atomic E-state index is -0.337. The van der Waals surface area contributed by atoms with Crippen LogP contribution in [0, 0.1) is 5.92 Å². The van der Waals surface area contributed by atoms with E-state index in [0.29, 0.717) is 30.3 Å². The van der Waals surface area contributed by atoms with Gasteiger partial charge >= 0.3 is 0 Å². The summed E-state index contributed by atoms with van der Waals surface area (Å²) in [6.07, 6.45) is 0.215. The molecule has 0 bridgehead atoms. The highest BCUT2D eigenvalue weighted by Crippen LogP contribution is 2.32. The Morgan fingerprint density at radius 1 is 1.21 bits per heavy atom. The molecular weight excluding hydrogens is 310 g/mol. The van der Waals surface area contributed by atoms with E-state index in [0.717, 1.165) is 13.1 Å². The van der Waals surface area contributed by atoms with Crippen molar-refractivity contribution in [2.24, 2.45) is 5.92 Å². The average molecular weight is 335 g/mol. The standard InChI is InChI=1S/C17H25N3O4/c1-4-18-5-6-19-17(22)12-7-16(21)20(11-12)13-8-14(23-2)10-15(9-13)24-3/h8-10,12,18H,4-7,11H2,1-3H3,(H,19,22). The van der Waals surface area contributed by atoms with Crippen molar-refractivity contribution in [2.75, 3.05) is 45.3 Å². The third kappa shape index (κ3) is 4.38. The van der Waals surface area contributed by atoms with E-state index < -0.39 is 0 Å². The molecule has 1 aromatic rings. The summed E-state index contributed by atoms with van der Waals surface area (Å²) in [5.41, 5.74) is 0.680. The maximum absolute atomic E-state index is 12.3. The quantitative estimate of drug-likeness (QED) is 0.687. The first kappa shape index (κ1) is 18.1. The fourth-order valence-electron chi connectivity index (χ4n) is 2.68. The molecule has 1 aromatic carbocycles. The zero-order chi connectivity index (χ0) is 17.5. The number of carbonyl (C=O) groups is 2. The number of nitrogens with one attached hydrogen (secondary N) is 2. The molecule has 0 radical (unpaired) electrons. The van der Waals surface area contributed by atoms with Gasteiger partial charge in [0.25, 0.3) is 0 Å². The van der Waals surface area contributed by atoms with Crippen LogP contribution in [0.4, 0.5) is 5.69 Å². The molecule has 1 aliphatic heterocycles. The lowest BCUT2D eigenvalue weighted by molar-refractivity contribution is -0.126. The average Bonchev–Trinajstić information content (AvgIpc) is 3.00. The maximum atomic E-state index is 12.3. The summed E-state index contributed by atoms with van der Waals surface area (Å²) in [5, 5.41) is 6.01. The maximum Gasteiger partial charge on any atom is 0.227 e. The fourth-order valence-corrected chi connectivity index (χ4v) is 2.68. The molecule has 24 heavy (non-hydrogen) atoms. The Morgan fingerprint density at radius 3 is 2.46 bits per heavy atom. The number of rotatable bonds is 8. The van der Waals surface area contributed by atoms with E-state index in [1.165, 1.54) is 0 Å². The van der Waals surface area contributed by atoms with Crippen LogP contribution in [0.1, 0.15) is 13.3 Å². The zero-order valence-corrected chi connectivity index (χ0v) is 14.4. The number of carbonyl (C=O) groups excluding carboxylic acids is 2. The Balaban J connectivity index is 2.03. The van der Waals surface area contributed by atoms with Gasteiger partial charge in [0.1, 0.15) is 11.5 Å². The number of nitrogens with zero attached hydrogens (tertiary/aromatic N) is 1. The molecule has 1 aliphatic rings. The highest BCUT2D eigenvalue weighted by Gasteiger charge is 2.35. The molecule has 0 aromatic heterocycles. The van der Waals surface area contributed by atoms with Gasteiger partial charge in [-0.3, -0.25) is 9.59 Å². The molecule has 2 amide bonds. The molecule has 7 nitrogen and oxygen atoms in total. The first-order valence-electron chi connectivity index (χ1n) is 8.10. The molecule has 0 aliphatic carbocycles. The topological polar surface area (TPSA) is 79.9 Å². The summed E-state index contributed by atoms with van der Waals surface area (Å²) >= 11 is 0. The summed E-state index contributed by atoms with van der Waals surface area (Å²) in [5.74, 6) is 0.721. The van der Waals surface area contributed by atoms with E-state index in [2.05, 4.69) is 10.6 Å². The van der Waals surface area contributed by atoms with Gasteiger partial charge in [-0.15, -0.1) is 0 Å². The second kappa shape index (κ2) is 8.54. The van der Waals surface area contributed by atoms with E-state index in [9.17, 15) is 9.59 Å². The molecular formula is C17H25N3O4. The van der Waals surface area contributed by atoms with E-state index in [4.69, 9.17) is 9.47 Å². The van der Waals surface area contributed by atoms with E-state index in [1.54, 1.807) is 37.3 Å². The lowest BCUT2D eigenvalue weighted by atomic mass is 10.1. The predicted octanol–water partition coefficient (Wildman–Crippen LogP) is 0.782. The fraction of sp³-hybridized carbons (Fsp3) is 0.529. The Morgan fingerprint density at radius 2 is 1.88 bits per heavy atom. The Labute approximate surface area is 142 Å². The van der Waals surface area contributed by atoms with Gasteiger partial charge in [-0.1, -0.05) is 6.92 Å². The minimum Gasteiger partial charge on any atom is -0.497 e. The monoisotopic (exact) mass is 335 g/mol. The highest BCUT2D eigenvalue weighted by molar-refractivity contribution is 6.00. The lowest BCUT2D eigenvalue weighted by Crippen LogP contribution is -2.37. The van der Waals surface area contributed by atoms with Crippen LogP contribution >= 0.6 is 0 Å². The van der Waals surface area contributed by atoms with Gasteiger partial charge in [-0.05, 0) is 6.54 Å². The van der Waals surface area contributed by atoms with Crippen LogP contribution in [0.5, 0.6) is 11.5 Å². The molecule has 1 unspecified atom stereocenters. The largest absolute Gasteiger partial charge is 0.497 e. The Bertz CT molecular complexity index is 569. The number of hydrogen-bond acceptors (Lipinski definition) is 5. The first-order chi connectivity index (χ1) is 11.6. The van der Waals surface area contributed by atoms with Gasteiger partial charge in [0.15, 0.2) is 0 Å². The number of ether oxygens (including phenoxy) is 2. The van der Waals surface area contributed by atoms with Crippen LogP contribution in [-0.4, -0.2) is 52.2 Å². The smallest absolute Gasteiger partial charge is 0.227 e. The predicted molar refractivity (Wildman–Crippen MR) is 91.6 cm³/mol. The van der Waals surface area contributed by atoms with E-state index in [-0.39, 0.29) is 24.2 Å². The molecule has 1 heterocycles. The molecule has 132 valence electrons. The van der Waals surface area contributed by atoms with Gasteiger partial charge in [0, 0.05) is 44.3 Å². The highest BCUT2D eigenvalue weighted by atomic mass is 16.5. The molecule has 2 rings (SSSR count). The van der Waals surface area contributed by atoms with Gasteiger partial charge < -0.3 is 25.0 Å². The molecule has 0 spiro atoms. The summed E-state index contributed by atoms with van der Waals surface area (Å²) in [6, 6.07) is 5.28. The van der Waals surface area contributed by atoms with Crippen LogP contribution in [0.25, 0.3) is 0 Å². The third-order valence-corrected chi connectivity index (χ3v) is 3.99. The number of likely N-dealkylation sites (N-methyl/N-ethyl adjacent to an activating group) is 1. The van der Waals surface area contributed by atoms with Crippen molar-refractivity contribution in [3.63, 3.8) is 0 Å².